The molecule has 0 bridgehead atoms. The van der Waals surface area contributed by atoms with Gasteiger partial charge >= 0.3 is 13.5 Å². The molecule has 11 heteroatoms. The number of rotatable bonds is 9. The Hall–Kier alpha value is -1.53. The zero-order valence-electron chi connectivity index (χ0n) is 15.2. The molecule has 2 aromatic rings. The lowest BCUT2D eigenvalue weighted by molar-refractivity contribution is -0.120. The van der Waals surface area contributed by atoms with Crippen LogP contribution in [0.5, 0.6) is 0 Å². The molecule has 0 aliphatic carbocycles. The highest BCUT2D eigenvalue weighted by Crippen LogP contribution is 2.24. The smallest absolute Gasteiger partial charge is 0.348 e. The van der Waals surface area contributed by atoms with E-state index < -0.39 is 16.0 Å². The molecule has 1 radical (unpaired) electrons. The van der Waals surface area contributed by atoms with Crippen LogP contribution in [0, 0.1) is 0 Å². The minimum absolute atomic E-state index is 0.312. The Bertz CT molecular complexity index is 832. The van der Waals surface area contributed by atoms with E-state index in [1.165, 1.54) is 13.5 Å². The standard InChI is InChI=1S/C18H19BCl2IN4O3/c20-13-8-7-12(10-14(13)21)24-18(28)26-16(22)17(27)25-15(19-29-23)9-6-11-4-2-1-3-5-11/h1-5,7-8,10,15-16H,6,9,23H2,(H,25,27)(H2,24,26,28). The average Bonchev–Trinajstić information content (AvgIpc) is 2.69. The maximum atomic E-state index is 12.4. The number of aryl methyl sites for hydroxylation is 1. The molecular formula is C18H19BCl2IN4O3. The fourth-order valence-corrected chi connectivity index (χ4v) is 3.17. The van der Waals surface area contributed by atoms with Gasteiger partial charge in [0.2, 0.25) is 0 Å². The Balaban J connectivity index is 1.84. The van der Waals surface area contributed by atoms with E-state index in [4.69, 9.17) is 29.1 Å². The van der Waals surface area contributed by atoms with Gasteiger partial charge < -0.3 is 20.7 Å². The first kappa shape index (κ1) is 23.8. The molecule has 0 spiro atoms. The molecule has 29 heavy (non-hydrogen) atoms. The number of hydrogen-bond donors (Lipinski definition) is 4. The Kier molecular flexibility index (Phi) is 10.0. The zero-order chi connectivity index (χ0) is 21.2. The van der Waals surface area contributed by atoms with Gasteiger partial charge in [-0.15, -0.1) is 0 Å². The van der Waals surface area contributed by atoms with Crippen molar-refractivity contribution in [1.82, 2.24) is 10.6 Å². The number of carbonyl (C=O) groups is 2. The fourth-order valence-electron chi connectivity index (χ4n) is 2.41. The van der Waals surface area contributed by atoms with Gasteiger partial charge in [0.15, 0.2) is 4.05 Å². The van der Waals surface area contributed by atoms with Gasteiger partial charge in [0.05, 0.1) is 10.0 Å². The molecule has 0 aromatic heterocycles. The molecule has 7 nitrogen and oxygen atoms in total. The minimum Gasteiger partial charge on any atom is -0.370 e. The van der Waals surface area contributed by atoms with Gasteiger partial charge in [-0.25, -0.2) is 10.7 Å². The van der Waals surface area contributed by atoms with E-state index in [0.717, 1.165) is 12.0 Å². The van der Waals surface area contributed by atoms with E-state index in [1.807, 2.05) is 52.9 Å². The van der Waals surface area contributed by atoms with Crippen LogP contribution in [0.3, 0.4) is 0 Å². The summed E-state index contributed by atoms with van der Waals surface area (Å²) in [5, 5.41) is 8.61. The molecule has 2 unspecified atom stereocenters. The van der Waals surface area contributed by atoms with Crippen LogP contribution >= 0.6 is 45.8 Å². The predicted octanol–water partition coefficient (Wildman–Crippen LogP) is 3.46. The number of halogens is 3. The van der Waals surface area contributed by atoms with E-state index in [0.29, 0.717) is 22.2 Å². The third-order valence-corrected chi connectivity index (χ3v) is 5.44. The first-order valence-electron chi connectivity index (χ1n) is 8.59. The second-order valence-corrected chi connectivity index (χ2v) is 8.06. The molecule has 0 saturated carbocycles. The first-order valence-corrected chi connectivity index (χ1v) is 10.6. The number of nitrogens with one attached hydrogen (secondary N) is 3. The molecule has 0 fully saturated rings. The number of urea groups is 1. The molecule has 0 saturated heterocycles. The molecule has 153 valence electrons. The third-order valence-electron chi connectivity index (χ3n) is 3.82. The summed E-state index contributed by atoms with van der Waals surface area (Å²) in [4.78, 5) is 24.5. The predicted molar refractivity (Wildman–Crippen MR) is 124 cm³/mol. The van der Waals surface area contributed by atoms with Gasteiger partial charge in [-0.2, -0.15) is 0 Å². The highest BCUT2D eigenvalue weighted by molar-refractivity contribution is 14.1. The number of alkyl halides is 1. The summed E-state index contributed by atoms with van der Waals surface area (Å²) in [6.07, 6.45) is 1.31. The number of carbonyl (C=O) groups excluding carboxylic acids is 2. The first-order chi connectivity index (χ1) is 13.9. The summed E-state index contributed by atoms with van der Waals surface area (Å²) >= 11 is 13.6. The highest BCUT2D eigenvalue weighted by Gasteiger charge is 2.22. The van der Waals surface area contributed by atoms with E-state index in [9.17, 15) is 9.59 Å². The number of hydrogen-bond acceptors (Lipinski definition) is 4. The van der Waals surface area contributed by atoms with Gasteiger partial charge in [-0.3, -0.25) is 4.79 Å². The van der Waals surface area contributed by atoms with Crippen LogP contribution in [0.2, 0.25) is 10.0 Å². The maximum absolute atomic E-state index is 12.4. The average molecular weight is 548 g/mol. The molecule has 0 aliphatic rings. The summed E-state index contributed by atoms with van der Waals surface area (Å²) in [6, 6.07) is 13.9. The lowest BCUT2D eigenvalue weighted by Crippen LogP contribution is -2.50. The quantitative estimate of drug-likeness (QED) is 0.127. The van der Waals surface area contributed by atoms with E-state index in [-0.39, 0.29) is 5.91 Å². The number of anilines is 1. The number of benzene rings is 2. The van der Waals surface area contributed by atoms with Crippen molar-refractivity contribution >= 4 is 70.9 Å². The third kappa shape index (κ3) is 8.39. The Labute approximate surface area is 193 Å². The molecule has 5 N–H and O–H groups in total. The molecule has 0 aliphatic heterocycles. The van der Waals surface area contributed by atoms with Crippen molar-refractivity contribution in [3.8, 4) is 0 Å². The van der Waals surface area contributed by atoms with Gasteiger partial charge in [-0.1, -0.05) is 53.5 Å². The summed E-state index contributed by atoms with van der Waals surface area (Å²) in [7, 11) is 1.35. The lowest BCUT2D eigenvalue weighted by Gasteiger charge is -2.19. The Morgan fingerprint density at radius 3 is 2.48 bits per heavy atom. The highest BCUT2D eigenvalue weighted by atomic mass is 127. The van der Waals surface area contributed by atoms with Crippen LogP contribution in [0.15, 0.2) is 48.5 Å². The number of amides is 3. The molecule has 2 rings (SSSR count). The summed E-state index contributed by atoms with van der Waals surface area (Å²) < 4.78 is 3.77. The molecule has 3 amide bonds. The SMILES string of the molecule is NO[B]C(CCc1ccccc1)NC(=O)C(I)NC(=O)Nc1ccc(Cl)c(Cl)c1. The summed E-state index contributed by atoms with van der Waals surface area (Å²) in [5.41, 5.74) is 1.58. The maximum Gasteiger partial charge on any atom is 0.348 e. The topological polar surface area (TPSA) is 105 Å². The Morgan fingerprint density at radius 2 is 1.83 bits per heavy atom. The summed E-state index contributed by atoms with van der Waals surface area (Å²) in [6.45, 7) is 0. The zero-order valence-corrected chi connectivity index (χ0v) is 18.9. The van der Waals surface area contributed by atoms with Crippen LogP contribution in [0.25, 0.3) is 0 Å². The monoisotopic (exact) mass is 547 g/mol. The summed E-state index contributed by atoms with van der Waals surface area (Å²) in [5.74, 6) is 4.33. The molecule has 2 atom stereocenters. The van der Waals surface area contributed by atoms with Crippen molar-refractivity contribution in [2.24, 2.45) is 5.90 Å². The van der Waals surface area contributed by atoms with Crippen molar-refractivity contribution in [3.05, 3.63) is 64.1 Å². The second-order valence-electron chi connectivity index (χ2n) is 6.00. The molecule has 2 aromatic carbocycles. The van der Waals surface area contributed by atoms with E-state index in [2.05, 4.69) is 20.7 Å². The largest absolute Gasteiger partial charge is 0.370 e. The Morgan fingerprint density at radius 1 is 1.10 bits per heavy atom. The minimum atomic E-state index is -0.819. The van der Waals surface area contributed by atoms with E-state index >= 15 is 0 Å². The fraction of sp³-hybridized carbons (Fsp3) is 0.222. The number of nitrogens with two attached hydrogens (primary N) is 1. The van der Waals surface area contributed by atoms with Crippen LogP contribution in [-0.2, 0) is 16.0 Å². The van der Waals surface area contributed by atoms with Crippen molar-refractivity contribution in [2.45, 2.75) is 22.8 Å². The normalized spacial score (nSPS) is 12.6. The van der Waals surface area contributed by atoms with Crippen LogP contribution in [-0.4, -0.2) is 29.4 Å². The van der Waals surface area contributed by atoms with Gasteiger partial charge in [0, 0.05) is 11.6 Å². The van der Waals surface area contributed by atoms with Crippen molar-refractivity contribution in [3.63, 3.8) is 0 Å². The van der Waals surface area contributed by atoms with Crippen molar-refractivity contribution in [2.75, 3.05) is 5.32 Å². The van der Waals surface area contributed by atoms with Crippen molar-refractivity contribution in [1.29, 1.82) is 0 Å². The van der Waals surface area contributed by atoms with Crippen LogP contribution in [0.4, 0.5) is 10.5 Å². The van der Waals surface area contributed by atoms with Crippen LogP contribution < -0.4 is 21.8 Å². The van der Waals surface area contributed by atoms with Gasteiger partial charge in [-0.05, 0) is 59.2 Å². The molecule has 0 heterocycles. The van der Waals surface area contributed by atoms with Gasteiger partial charge in [0.25, 0.3) is 5.91 Å². The lowest BCUT2D eigenvalue weighted by atomic mass is 9.83. The second kappa shape index (κ2) is 12.2. The molecular weight excluding hydrogens is 529 g/mol. The van der Waals surface area contributed by atoms with Gasteiger partial charge in [0.1, 0.15) is 0 Å². The van der Waals surface area contributed by atoms with Crippen LogP contribution in [0.1, 0.15) is 12.0 Å². The van der Waals surface area contributed by atoms with Crippen molar-refractivity contribution < 1.29 is 14.3 Å². The van der Waals surface area contributed by atoms with E-state index in [1.54, 1.807) is 12.1 Å².